The molecular formula is C38H38O6. The molecule has 1 fully saturated rings. The molecule has 1 saturated heterocycles. The van der Waals surface area contributed by atoms with Crippen LogP contribution in [0, 0.1) is 5.92 Å². The van der Waals surface area contributed by atoms with E-state index in [4.69, 9.17) is 18.9 Å². The van der Waals surface area contributed by atoms with E-state index in [2.05, 4.69) is 72.8 Å². The highest BCUT2D eigenvalue weighted by atomic mass is 16.5. The van der Waals surface area contributed by atoms with Gasteiger partial charge in [-0.2, -0.15) is 0 Å². The number of carbonyl (C=O) groups excluding carboxylic acids is 2. The van der Waals surface area contributed by atoms with E-state index in [1.165, 1.54) is 36.5 Å². The Morgan fingerprint density at radius 1 is 0.636 bits per heavy atom. The molecule has 6 nitrogen and oxygen atoms in total. The lowest BCUT2D eigenvalue weighted by molar-refractivity contribution is -0.151. The quantitative estimate of drug-likeness (QED) is 0.219. The molecule has 0 bridgehead atoms. The van der Waals surface area contributed by atoms with E-state index < -0.39 is 0 Å². The van der Waals surface area contributed by atoms with Crippen molar-refractivity contribution in [2.45, 2.75) is 18.8 Å². The van der Waals surface area contributed by atoms with Gasteiger partial charge in [0.2, 0.25) is 0 Å². The lowest BCUT2D eigenvalue weighted by Crippen LogP contribution is -2.33. The first-order chi connectivity index (χ1) is 21.6. The molecule has 0 unspecified atom stereocenters. The van der Waals surface area contributed by atoms with E-state index in [1.54, 1.807) is 0 Å². The van der Waals surface area contributed by atoms with Crippen LogP contribution in [0.15, 0.2) is 115 Å². The molecule has 0 amide bonds. The summed E-state index contributed by atoms with van der Waals surface area (Å²) in [5.74, 6) is -0.522. The monoisotopic (exact) mass is 590 g/mol. The number of esters is 2. The van der Waals surface area contributed by atoms with Crippen LogP contribution in [0.2, 0.25) is 0 Å². The van der Waals surface area contributed by atoms with Crippen molar-refractivity contribution >= 4 is 17.5 Å². The van der Waals surface area contributed by atoms with Gasteiger partial charge >= 0.3 is 11.9 Å². The van der Waals surface area contributed by atoms with E-state index >= 15 is 0 Å². The summed E-state index contributed by atoms with van der Waals surface area (Å²) in [6, 6.07) is 37.3. The molecule has 0 N–H and O–H groups in total. The molecule has 6 heteroatoms. The number of carbonyl (C=O) groups is 2. The van der Waals surface area contributed by atoms with Crippen molar-refractivity contribution in [3.63, 3.8) is 0 Å². The Labute approximate surface area is 259 Å². The van der Waals surface area contributed by atoms with Crippen LogP contribution in [-0.4, -0.2) is 52.6 Å². The fourth-order valence-corrected chi connectivity index (χ4v) is 5.78. The average Bonchev–Trinajstić information content (AvgIpc) is 3.12. The maximum absolute atomic E-state index is 11.9. The van der Waals surface area contributed by atoms with Crippen molar-refractivity contribution in [1.82, 2.24) is 0 Å². The fourth-order valence-electron chi connectivity index (χ4n) is 5.78. The van der Waals surface area contributed by atoms with Crippen molar-refractivity contribution < 1.29 is 28.5 Å². The van der Waals surface area contributed by atoms with Gasteiger partial charge in [-0.15, -0.1) is 0 Å². The van der Waals surface area contributed by atoms with Crippen LogP contribution in [-0.2, 0) is 28.5 Å². The predicted octanol–water partition coefficient (Wildman–Crippen LogP) is 7.35. The van der Waals surface area contributed by atoms with Gasteiger partial charge in [0.1, 0.15) is 0 Å². The van der Waals surface area contributed by atoms with E-state index in [0.29, 0.717) is 32.0 Å². The number of benzene rings is 4. The molecule has 0 aliphatic carbocycles. The Morgan fingerprint density at radius 3 is 1.75 bits per heavy atom. The SMILES string of the molecule is COC(=O)C1=C(c2ccc(-c3ccccc3)cc2)CCOC1.COC(=O)[C@@H]1COCC[C@H]1c1ccc(-c2ccccc2)cc1. The van der Waals surface area contributed by atoms with Crippen LogP contribution in [0.25, 0.3) is 27.8 Å². The Balaban J connectivity index is 0.000000175. The third kappa shape index (κ3) is 7.51. The van der Waals surface area contributed by atoms with Crippen LogP contribution >= 0.6 is 0 Å². The lowest BCUT2D eigenvalue weighted by Gasteiger charge is -2.30. The van der Waals surface area contributed by atoms with E-state index in [1.807, 2.05) is 36.4 Å². The average molecular weight is 591 g/mol. The highest BCUT2D eigenvalue weighted by Crippen LogP contribution is 2.34. The van der Waals surface area contributed by atoms with E-state index in [0.717, 1.165) is 29.5 Å². The topological polar surface area (TPSA) is 71.1 Å². The van der Waals surface area contributed by atoms with Gasteiger partial charge < -0.3 is 18.9 Å². The highest BCUT2D eigenvalue weighted by Gasteiger charge is 2.33. The minimum Gasteiger partial charge on any atom is -0.469 e. The number of ether oxygens (including phenoxy) is 4. The van der Waals surface area contributed by atoms with Crippen molar-refractivity contribution in [3.05, 3.63) is 126 Å². The molecule has 0 aromatic heterocycles. The first-order valence-electron chi connectivity index (χ1n) is 14.9. The molecule has 0 radical (unpaired) electrons. The first kappa shape index (κ1) is 30.9. The molecule has 4 aromatic carbocycles. The molecule has 2 atom stereocenters. The largest absolute Gasteiger partial charge is 0.469 e. The highest BCUT2D eigenvalue weighted by molar-refractivity contribution is 5.98. The van der Waals surface area contributed by atoms with Gasteiger partial charge in [0.05, 0.1) is 45.5 Å². The summed E-state index contributed by atoms with van der Waals surface area (Å²) in [6.45, 7) is 2.09. The maximum atomic E-state index is 11.9. The minimum atomic E-state index is -0.304. The van der Waals surface area contributed by atoms with Gasteiger partial charge in [-0.1, -0.05) is 109 Å². The molecular weight excluding hydrogens is 552 g/mol. The zero-order valence-corrected chi connectivity index (χ0v) is 25.2. The second-order valence-electron chi connectivity index (χ2n) is 10.8. The predicted molar refractivity (Wildman–Crippen MR) is 172 cm³/mol. The van der Waals surface area contributed by atoms with Crippen LogP contribution < -0.4 is 0 Å². The summed E-state index contributed by atoms with van der Waals surface area (Å²) in [7, 11) is 2.84. The van der Waals surface area contributed by atoms with Crippen molar-refractivity contribution in [3.8, 4) is 22.3 Å². The normalized spacial score (nSPS) is 18.0. The Morgan fingerprint density at radius 2 is 1.18 bits per heavy atom. The van der Waals surface area contributed by atoms with Gasteiger partial charge in [-0.05, 0) is 51.8 Å². The Kier molecular flexibility index (Phi) is 10.7. The van der Waals surface area contributed by atoms with Gasteiger partial charge in [0.15, 0.2) is 0 Å². The summed E-state index contributed by atoms with van der Waals surface area (Å²) in [6.07, 6.45) is 1.58. The lowest BCUT2D eigenvalue weighted by atomic mass is 9.82. The number of rotatable bonds is 6. The van der Waals surface area contributed by atoms with Crippen LogP contribution in [0.3, 0.4) is 0 Å². The molecule has 44 heavy (non-hydrogen) atoms. The molecule has 0 saturated carbocycles. The number of hydrogen-bond acceptors (Lipinski definition) is 6. The van der Waals surface area contributed by atoms with Crippen molar-refractivity contribution in [1.29, 1.82) is 0 Å². The van der Waals surface area contributed by atoms with Crippen LogP contribution in [0.5, 0.6) is 0 Å². The maximum Gasteiger partial charge on any atom is 0.336 e. The van der Waals surface area contributed by atoms with E-state index in [9.17, 15) is 9.59 Å². The summed E-state index contributed by atoms with van der Waals surface area (Å²) >= 11 is 0. The molecule has 226 valence electrons. The Bertz CT molecular complexity index is 1540. The summed E-state index contributed by atoms with van der Waals surface area (Å²) in [5.41, 5.74) is 8.62. The third-order valence-electron chi connectivity index (χ3n) is 8.19. The second kappa shape index (κ2) is 15.3. The summed E-state index contributed by atoms with van der Waals surface area (Å²) in [4.78, 5) is 23.8. The third-order valence-corrected chi connectivity index (χ3v) is 8.19. The number of methoxy groups -OCH3 is 2. The number of hydrogen-bond donors (Lipinski definition) is 0. The van der Waals surface area contributed by atoms with Gasteiger partial charge in [0.25, 0.3) is 0 Å². The zero-order valence-electron chi connectivity index (χ0n) is 25.2. The fraction of sp³-hybridized carbons (Fsp3) is 0.263. The first-order valence-corrected chi connectivity index (χ1v) is 14.9. The van der Waals surface area contributed by atoms with Crippen molar-refractivity contribution in [2.24, 2.45) is 5.92 Å². The van der Waals surface area contributed by atoms with Crippen LogP contribution in [0.1, 0.15) is 29.9 Å². The summed E-state index contributed by atoms with van der Waals surface area (Å²) in [5, 5.41) is 0. The van der Waals surface area contributed by atoms with E-state index in [-0.39, 0.29) is 23.8 Å². The van der Waals surface area contributed by atoms with Gasteiger partial charge in [0, 0.05) is 12.5 Å². The van der Waals surface area contributed by atoms with Gasteiger partial charge in [-0.25, -0.2) is 4.79 Å². The van der Waals surface area contributed by atoms with Crippen LogP contribution in [0.4, 0.5) is 0 Å². The zero-order chi connectivity index (χ0) is 30.7. The molecule has 0 spiro atoms. The van der Waals surface area contributed by atoms with Gasteiger partial charge in [-0.3, -0.25) is 4.79 Å². The van der Waals surface area contributed by atoms with Crippen molar-refractivity contribution in [2.75, 3.05) is 40.6 Å². The molecule has 2 aliphatic rings. The Hall–Kier alpha value is -4.52. The standard InChI is InChI=1S/C19H20O3.C19H18O3/c2*1-21-19(20)18-13-22-12-11-17(18)16-9-7-15(8-10-16)14-5-3-2-4-6-14/h2-10,17-18H,11-13H2,1H3;2-10H,11-13H2,1H3/t17-,18+;/m0./s1. The molecule has 6 rings (SSSR count). The molecule has 2 aliphatic heterocycles. The minimum absolute atomic E-state index is 0.172. The summed E-state index contributed by atoms with van der Waals surface area (Å²) < 4.78 is 20.6. The molecule has 4 aromatic rings. The second-order valence-corrected chi connectivity index (χ2v) is 10.8. The molecule has 2 heterocycles. The smallest absolute Gasteiger partial charge is 0.336 e.